The quantitative estimate of drug-likeness (QED) is 0.489. The molecule has 0 fully saturated rings. The minimum atomic E-state index is -4.02. The van der Waals surface area contributed by atoms with Crippen LogP contribution in [0.15, 0.2) is 57.7 Å². The molecule has 1 aromatic heterocycles. The Balaban J connectivity index is 1.91. The Morgan fingerprint density at radius 3 is 2.56 bits per heavy atom. The van der Waals surface area contributed by atoms with Gasteiger partial charge in [-0.3, -0.25) is 14.2 Å². The summed E-state index contributed by atoms with van der Waals surface area (Å²) in [5.74, 6) is -0.00239. The van der Waals surface area contributed by atoms with E-state index in [1.165, 1.54) is 13.2 Å². The van der Waals surface area contributed by atoms with Gasteiger partial charge in [0, 0.05) is 45.7 Å². The molecule has 2 N–H and O–H groups in total. The molecule has 166 valence electrons. The Labute approximate surface area is 194 Å². The van der Waals surface area contributed by atoms with Crippen LogP contribution in [0.3, 0.4) is 0 Å². The lowest BCUT2D eigenvalue weighted by Gasteiger charge is -2.16. The van der Waals surface area contributed by atoms with Crippen molar-refractivity contribution < 1.29 is 17.9 Å². The van der Waals surface area contributed by atoms with E-state index >= 15 is 0 Å². The molecular formula is C22H21BrN4O4S. The standard InChI is InChI=1S/C22H21BrN4O4S/c1-12(2)21-16-9-18(26-32(29,30)20-7-14(23)5-6-19(20)31-4)15(8-17(16)25-22(21)28)13-10-24-27(3)11-13/h5-11,26H,1-4H3,(H,25,28). The normalized spacial score (nSPS) is 13.0. The number of halogens is 1. The number of anilines is 2. The van der Waals surface area contributed by atoms with Crippen molar-refractivity contribution in [3.8, 4) is 16.9 Å². The number of nitrogens with zero attached hydrogens (tertiary/aromatic N) is 2. The molecule has 32 heavy (non-hydrogen) atoms. The molecule has 0 bridgehead atoms. The monoisotopic (exact) mass is 516 g/mol. The Bertz CT molecular complexity index is 1390. The molecule has 4 rings (SSSR count). The maximum atomic E-state index is 13.4. The van der Waals surface area contributed by atoms with Crippen LogP contribution in [0.25, 0.3) is 16.7 Å². The molecule has 0 aliphatic carbocycles. The van der Waals surface area contributed by atoms with Gasteiger partial charge in [0.1, 0.15) is 10.6 Å². The smallest absolute Gasteiger partial charge is 0.265 e. The Morgan fingerprint density at radius 2 is 1.94 bits per heavy atom. The first-order valence-electron chi connectivity index (χ1n) is 9.63. The Morgan fingerprint density at radius 1 is 1.19 bits per heavy atom. The van der Waals surface area contributed by atoms with Gasteiger partial charge in [-0.05, 0) is 44.2 Å². The fraction of sp³-hybridized carbons (Fsp3) is 0.182. The number of carbonyl (C=O) groups excluding carboxylic acids is 1. The number of sulfonamides is 1. The van der Waals surface area contributed by atoms with E-state index in [9.17, 15) is 13.2 Å². The lowest BCUT2D eigenvalue weighted by molar-refractivity contribution is -0.110. The summed E-state index contributed by atoms with van der Waals surface area (Å²) in [6, 6.07) is 8.20. The molecule has 0 unspecified atom stereocenters. The van der Waals surface area contributed by atoms with E-state index in [0.717, 1.165) is 5.57 Å². The van der Waals surface area contributed by atoms with E-state index in [4.69, 9.17) is 4.74 Å². The van der Waals surface area contributed by atoms with Crippen LogP contribution in [0.4, 0.5) is 11.4 Å². The van der Waals surface area contributed by atoms with Gasteiger partial charge in [0.15, 0.2) is 0 Å². The average molecular weight is 517 g/mol. The summed E-state index contributed by atoms with van der Waals surface area (Å²) < 4.78 is 36.9. The van der Waals surface area contributed by atoms with E-state index in [-0.39, 0.29) is 16.6 Å². The van der Waals surface area contributed by atoms with E-state index < -0.39 is 10.0 Å². The fourth-order valence-corrected chi connectivity index (χ4v) is 5.44. The zero-order valence-corrected chi connectivity index (χ0v) is 20.3. The van der Waals surface area contributed by atoms with Crippen molar-refractivity contribution in [2.45, 2.75) is 18.7 Å². The van der Waals surface area contributed by atoms with Crippen molar-refractivity contribution in [3.05, 3.63) is 58.3 Å². The number of aromatic nitrogens is 2. The third kappa shape index (κ3) is 3.91. The highest BCUT2D eigenvalue weighted by Gasteiger charge is 2.29. The molecule has 0 atom stereocenters. The number of aryl methyl sites for hydroxylation is 1. The van der Waals surface area contributed by atoms with Crippen molar-refractivity contribution >= 4 is 48.8 Å². The second kappa shape index (κ2) is 8.10. The van der Waals surface area contributed by atoms with Crippen LogP contribution in [0.2, 0.25) is 0 Å². The molecular weight excluding hydrogens is 496 g/mol. The highest BCUT2D eigenvalue weighted by Crippen LogP contribution is 2.42. The van der Waals surface area contributed by atoms with Crippen LogP contribution in [-0.4, -0.2) is 31.2 Å². The molecule has 1 amide bonds. The average Bonchev–Trinajstić information content (AvgIpc) is 3.29. The molecule has 1 aliphatic rings. The third-order valence-electron chi connectivity index (χ3n) is 5.08. The minimum Gasteiger partial charge on any atom is -0.495 e. The number of methoxy groups -OCH3 is 1. The highest BCUT2D eigenvalue weighted by molar-refractivity contribution is 9.10. The van der Waals surface area contributed by atoms with Gasteiger partial charge in [0.05, 0.1) is 19.0 Å². The molecule has 0 saturated heterocycles. The predicted octanol–water partition coefficient (Wildman–Crippen LogP) is 4.40. The van der Waals surface area contributed by atoms with Gasteiger partial charge in [0.2, 0.25) is 0 Å². The summed E-state index contributed by atoms with van der Waals surface area (Å²) in [5.41, 5.74) is 4.23. The molecule has 2 heterocycles. The van der Waals surface area contributed by atoms with Crippen LogP contribution in [-0.2, 0) is 21.9 Å². The summed E-state index contributed by atoms with van der Waals surface area (Å²) >= 11 is 3.32. The Kier molecular flexibility index (Phi) is 5.59. The Hall–Kier alpha value is -3.11. The van der Waals surface area contributed by atoms with Crippen LogP contribution in [0.1, 0.15) is 19.4 Å². The van der Waals surface area contributed by atoms with Crippen molar-refractivity contribution in [1.82, 2.24) is 9.78 Å². The number of benzene rings is 2. The number of nitrogens with one attached hydrogen (secondary N) is 2. The number of hydrogen-bond donors (Lipinski definition) is 2. The lowest BCUT2D eigenvalue weighted by atomic mass is 9.98. The summed E-state index contributed by atoms with van der Waals surface area (Å²) in [5, 5.41) is 7.06. The second-order valence-corrected chi connectivity index (χ2v) is 10.1. The first kappa shape index (κ1) is 22.1. The van der Waals surface area contributed by atoms with Gasteiger partial charge in [0.25, 0.3) is 15.9 Å². The molecule has 8 nitrogen and oxygen atoms in total. The van der Waals surface area contributed by atoms with Gasteiger partial charge in [-0.2, -0.15) is 5.10 Å². The van der Waals surface area contributed by atoms with Gasteiger partial charge in [-0.15, -0.1) is 0 Å². The summed E-state index contributed by atoms with van der Waals surface area (Å²) in [4.78, 5) is 12.5. The summed E-state index contributed by atoms with van der Waals surface area (Å²) in [6.07, 6.45) is 3.41. The number of ether oxygens (including phenoxy) is 1. The second-order valence-electron chi connectivity index (χ2n) is 7.58. The zero-order valence-electron chi connectivity index (χ0n) is 17.9. The van der Waals surface area contributed by atoms with E-state index in [1.54, 1.807) is 48.4 Å². The SMILES string of the molecule is COc1ccc(Br)cc1S(=O)(=O)Nc1cc2c(cc1-c1cnn(C)c1)NC(=O)C2=C(C)C. The van der Waals surface area contributed by atoms with Gasteiger partial charge < -0.3 is 10.1 Å². The molecule has 3 aromatic rings. The predicted molar refractivity (Wildman–Crippen MR) is 127 cm³/mol. The van der Waals surface area contributed by atoms with Crippen molar-refractivity contribution in [2.75, 3.05) is 17.1 Å². The molecule has 10 heteroatoms. The minimum absolute atomic E-state index is 0.0105. The van der Waals surface area contributed by atoms with E-state index in [2.05, 4.69) is 31.1 Å². The fourth-order valence-electron chi connectivity index (χ4n) is 3.66. The van der Waals surface area contributed by atoms with Crippen molar-refractivity contribution in [1.29, 1.82) is 0 Å². The highest BCUT2D eigenvalue weighted by atomic mass is 79.9. The molecule has 0 saturated carbocycles. The van der Waals surface area contributed by atoms with Gasteiger partial charge in [-0.1, -0.05) is 21.5 Å². The molecule has 0 radical (unpaired) electrons. The van der Waals surface area contributed by atoms with E-state index in [1.807, 2.05) is 13.8 Å². The van der Waals surface area contributed by atoms with Crippen LogP contribution < -0.4 is 14.8 Å². The number of allylic oxidation sites excluding steroid dienone is 1. The largest absolute Gasteiger partial charge is 0.495 e. The number of amides is 1. The number of carbonyl (C=O) groups is 1. The lowest BCUT2D eigenvalue weighted by Crippen LogP contribution is -2.15. The van der Waals surface area contributed by atoms with Crippen LogP contribution in [0.5, 0.6) is 5.75 Å². The maximum Gasteiger partial charge on any atom is 0.265 e. The number of fused-ring (bicyclic) bond motifs is 1. The van der Waals surface area contributed by atoms with Crippen molar-refractivity contribution in [2.24, 2.45) is 7.05 Å². The number of rotatable bonds is 5. The van der Waals surface area contributed by atoms with Crippen LogP contribution in [0, 0.1) is 0 Å². The maximum absolute atomic E-state index is 13.4. The van der Waals surface area contributed by atoms with E-state index in [0.29, 0.717) is 38.1 Å². The van der Waals surface area contributed by atoms with Gasteiger partial charge in [-0.25, -0.2) is 8.42 Å². The molecule has 0 spiro atoms. The zero-order chi connectivity index (χ0) is 23.2. The van der Waals surface area contributed by atoms with Crippen molar-refractivity contribution in [3.63, 3.8) is 0 Å². The first-order chi connectivity index (χ1) is 15.1. The molecule has 1 aliphatic heterocycles. The topological polar surface area (TPSA) is 102 Å². The van der Waals surface area contributed by atoms with Gasteiger partial charge >= 0.3 is 0 Å². The first-order valence-corrected chi connectivity index (χ1v) is 11.9. The van der Waals surface area contributed by atoms with Crippen LogP contribution >= 0.6 is 15.9 Å². The summed E-state index contributed by atoms with van der Waals surface area (Å²) in [6.45, 7) is 3.69. The number of hydrogen-bond acceptors (Lipinski definition) is 5. The summed E-state index contributed by atoms with van der Waals surface area (Å²) in [7, 11) is -0.837. The third-order valence-corrected chi connectivity index (χ3v) is 6.96. The molecule has 2 aromatic carbocycles.